The number of ether oxygens (including phenoxy) is 1. The second kappa shape index (κ2) is 8.29. The van der Waals surface area contributed by atoms with E-state index in [1.54, 1.807) is 19.9 Å². The van der Waals surface area contributed by atoms with Crippen LogP contribution in [0.25, 0.3) is 0 Å². The fourth-order valence-electron chi connectivity index (χ4n) is 2.12. The standard InChI is InChI=1S/C18H21FN2O4S/c1-12(2)21-26(23,24)15-10-8-14(9-11-15)20-18(22)13(3)25-17-7-5-4-6-16(17)19/h4-13,21H,1-3H3,(H,20,22)/t13-/m0/s1. The number of carbonyl (C=O) groups is 1. The lowest BCUT2D eigenvalue weighted by Gasteiger charge is -2.15. The highest BCUT2D eigenvalue weighted by Gasteiger charge is 2.18. The monoisotopic (exact) mass is 380 g/mol. The molecule has 0 aliphatic heterocycles. The van der Waals surface area contributed by atoms with Gasteiger partial charge in [-0.1, -0.05) is 12.1 Å². The van der Waals surface area contributed by atoms with Crippen molar-refractivity contribution >= 4 is 21.6 Å². The Balaban J connectivity index is 2.02. The number of hydrogen-bond donors (Lipinski definition) is 2. The van der Waals surface area contributed by atoms with Gasteiger partial charge >= 0.3 is 0 Å². The third-order valence-corrected chi connectivity index (χ3v) is 5.01. The maximum Gasteiger partial charge on any atom is 0.265 e. The summed E-state index contributed by atoms with van der Waals surface area (Å²) >= 11 is 0. The Hall–Kier alpha value is -2.45. The van der Waals surface area contributed by atoms with Gasteiger partial charge in [-0.05, 0) is 57.2 Å². The summed E-state index contributed by atoms with van der Waals surface area (Å²) in [6.45, 7) is 4.94. The summed E-state index contributed by atoms with van der Waals surface area (Å²) in [6, 6.07) is 11.3. The fraction of sp³-hybridized carbons (Fsp3) is 0.278. The number of para-hydroxylation sites is 1. The highest BCUT2D eigenvalue weighted by Crippen LogP contribution is 2.18. The van der Waals surface area contributed by atoms with E-state index in [0.29, 0.717) is 5.69 Å². The predicted molar refractivity (Wildman–Crippen MR) is 97.0 cm³/mol. The SMILES string of the molecule is CC(C)NS(=O)(=O)c1ccc(NC(=O)[C@H](C)Oc2ccccc2F)cc1. The molecule has 8 heteroatoms. The van der Waals surface area contributed by atoms with Crippen LogP contribution in [0, 0.1) is 5.82 Å². The summed E-state index contributed by atoms with van der Waals surface area (Å²) in [5.74, 6) is -1.06. The van der Waals surface area contributed by atoms with Crippen LogP contribution in [0.3, 0.4) is 0 Å². The maximum atomic E-state index is 13.6. The Morgan fingerprint density at radius 3 is 2.23 bits per heavy atom. The first-order chi connectivity index (χ1) is 12.2. The van der Waals surface area contributed by atoms with Gasteiger partial charge in [0.25, 0.3) is 5.91 Å². The molecule has 6 nitrogen and oxygen atoms in total. The molecule has 2 aromatic rings. The van der Waals surface area contributed by atoms with Crippen molar-refractivity contribution in [2.75, 3.05) is 5.32 Å². The predicted octanol–water partition coefficient (Wildman–Crippen LogP) is 2.92. The van der Waals surface area contributed by atoms with Crippen molar-refractivity contribution in [3.8, 4) is 5.75 Å². The number of rotatable bonds is 7. The molecule has 0 saturated carbocycles. The Morgan fingerprint density at radius 2 is 1.65 bits per heavy atom. The van der Waals surface area contributed by atoms with Crippen molar-refractivity contribution < 1.29 is 22.3 Å². The zero-order valence-corrected chi connectivity index (χ0v) is 15.5. The average molecular weight is 380 g/mol. The number of amides is 1. The lowest BCUT2D eigenvalue weighted by molar-refractivity contribution is -0.122. The smallest absolute Gasteiger partial charge is 0.265 e. The molecule has 0 radical (unpaired) electrons. The summed E-state index contributed by atoms with van der Waals surface area (Å²) in [6.07, 6.45) is -0.932. The van der Waals surface area contributed by atoms with Gasteiger partial charge in [-0.2, -0.15) is 0 Å². The van der Waals surface area contributed by atoms with E-state index in [1.165, 1.54) is 49.4 Å². The number of hydrogen-bond acceptors (Lipinski definition) is 4. The minimum absolute atomic E-state index is 0.0173. The van der Waals surface area contributed by atoms with Gasteiger partial charge < -0.3 is 10.1 Å². The van der Waals surface area contributed by atoms with Crippen molar-refractivity contribution in [2.45, 2.75) is 37.8 Å². The van der Waals surface area contributed by atoms with E-state index in [4.69, 9.17) is 4.74 Å². The molecule has 0 aliphatic carbocycles. The molecule has 0 fully saturated rings. The molecule has 2 rings (SSSR count). The van der Waals surface area contributed by atoms with Gasteiger partial charge in [0.1, 0.15) is 0 Å². The van der Waals surface area contributed by atoms with Crippen LogP contribution in [0.15, 0.2) is 53.4 Å². The first-order valence-electron chi connectivity index (χ1n) is 8.03. The molecular formula is C18H21FN2O4S. The van der Waals surface area contributed by atoms with Crippen LogP contribution >= 0.6 is 0 Å². The number of halogens is 1. The van der Waals surface area contributed by atoms with Gasteiger partial charge in [-0.25, -0.2) is 17.5 Å². The first kappa shape index (κ1) is 19.9. The molecule has 2 aromatic carbocycles. The maximum absolute atomic E-state index is 13.6. The fourth-order valence-corrected chi connectivity index (χ4v) is 3.38. The zero-order valence-electron chi connectivity index (χ0n) is 14.7. The second-order valence-electron chi connectivity index (χ2n) is 5.98. The third-order valence-electron chi connectivity index (χ3n) is 3.33. The van der Waals surface area contributed by atoms with E-state index in [9.17, 15) is 17.6 Å². The Kier molecular flexibility index (Phi) is 6.33. The Morgan fingerprint density at radius 1 is 1.04 bits per heavy atom. The zero-order chi connectivity index (χ0) is 19.3. The molecule has 0 bridgehead atoms. The molecule has 140 valence electrons. The number of benzene rings is 2. The van der Waals surface area contributed by atoms with Gasteiger partial charge in [0, 0.05) is 11.7 Å². The Labute approximate surface area is 152 Å². The minimum Gasteiger partial charge on any atom is -0.478 e. The van der Waals surface area contributed by atoms with Crippen molar-refractivity contribution in [3.63, 3.8) is 0 Å². The lowest BCUT2D eigenvalue weighted by Crippen LogP contribution is -2.31. The van der Waals surface area contributed by atoms with Crippen LogP contribution in [0.5, 0.6) is 5.75 Å². The molecule has 0 unspecified atom stereocenters. The van der Waals surface area contributed by atoms with Crippen LogP contribution in [0.2, 0.25) is 0 Å². The quantitative estimate of drug-likeness (QED) is 0.774. The van der Waals surface area contributed by atoms with Crippen LogP contribution in [0.4, 0.5) is 10.1 Å². The molecule has 0 aliphatic rings. The van der Waals surface area contributed by atoms with Crippen LogP contribution < -0.4 is 14.8 Å². The lowest BCUT2D eigenvalue weighted by atomic mass is 10.3. The molecular weight excluding hydrogens is 359 g/mol. The van der Waals surface area contributed by atoms with E-state index < -0.39 is 27.9 Å². The van der Waals surface area contributed by atoms with Crippen molar-refractivity contribution in [3.05, 3.63) is 54.3 Å². The van der Waals surface area contributed by atoms with Gasteiger partial charge in [0.2, 0.25) is 10.0 Å². The average Bonchev–Trinajstić information content (AvgIpc) is 2.56. The number of sulfonamides is 1. The van der Waals surface area contributed by atoms with E-state index in [1.807, 2.05) is 0 Å². The summed E-state index contributed by atoms with van der Waals surface area (Å²) in [7, 11) is -3.60. The first-order valence-corrected chi connectivity index (χ1v) is 9.52. The molecule has 0 aromatic heterocycles. The van der Waals surface area contributed by atoms with Crippen LogP contribution in [0.1, 0.15) is 20.8 Å². The molecule has 1 atom stereocenters. The third kappa shape index (κ3) is 5.27. The molecule has 2 N–H and O–H groups in total. The molecule has 0 heterocycles. The van der Waals surface area contributed by atoms with Crippen LogP contribution in [-0.2, 0) is 14.8 Å². The van der Waals surface area contributed by atoms with Crippen molar-refractivity contribution in [1.29, 1.82) is 0 Å². The number of carbonyl (C=O) groups excluding carboxylic acids is 1. The van der Waals surface area contributed by atoms with E-state index in [0.717, 1.165) is 0 Å². The minimum atomic E-state index is -3.60. The summed E-state index contributed by atoms with van der Waals surface area (Å²) in [5, 5.41) is 2.60. The van der Waals surface area contributed by atoms with E-state index >= 15 is 0 Å². The number of anilines is 1. The Bertz CT molecular complexity index is 867. The van der Waals surface area contributed by atoms with E-state index in [2.05, 4.69) is 10.0 Å². The van der Waals surface area contributed by atoms with Crippen molar-refractivity contribution in [1.82, 2.24) is 4.72 Å². The molecule has 1 amide bonds. The van der Waals surface area contributed by atoms with Gasteiger partial charge in [-0.3, -0.25) is 4.79 Å². The summed E-state index contributed by atoms with van der Waals surface area (Å²) in [4.78, 5) is 12.3. The largest absolute Gasteiger partial charge is 0.478 e. The summed E-state index contributed by atoms with van der Waals surface area (Å²) < 4.78 is 45.5. The highest BCUT2D eigenvalue weighted by molar-refractivity contribution is 7.89. The molecule has 0 spiro atoms. The van der Waals surface area contributed by atoms with E-state index in [-0.39, 0.29) is 16.7 Å². The topological polar surface area (TPSA) is 84.5 Å². The summed E-state index contributed by atoms with van der Waals surface area (Å²) in [5.41, 5.74) is 0.405. The highest BCUT2D eigenvalue weighted by atomic mass is 32.2. The second-order valence-corrected chi connectivity index (χ2v) is 7.69. The van der Waals surface area contributed by atoms with Crippen molar-refractivity contribution in [2.24, 2.45) is 0 Å². The normalized spacial score (nSPS) is 12.7. The van der Waals surface area contributed by atoms with Gasteiger partial charge in [0.05, 0.1) is 4.90 Å². The van der Waals surface area contributed by atoms with Gasteiger partial charge in [0.15, 0.2) is 17.7 Å². The van der Waals surface area contributed by atoms with Crippen LogP contribution in [-0.4, -0.2) is 26.5 Å². The molecule has 26 heavy (non-hydrogen) atoms. The number of nitrogens with one attached hydrogen (secondary N) is 2. The van der Waals surface area contributed by atoms with Gasteiger partial charge in [-0.15, -0.1) is 0 Å². The molecule has 0 saturated heterocycles.